The predicted octanol–water partition coefficient (Wildman–Crippen LogP) is 3.28. The second-order valence-electron chi connectivity index (χ2n) is 4.91. The minimum absolute atomic E-state index is 0.183. The Balaban J connectivity index is 1.57. The summed E-state index contributed by atoms with van der Waals surface area (Å²) in [7, 11) is 0. The van der Waals surface area contributed by atoms with E-state index < -0.39 is 0 Å². The molecule has 1 aromatic heterocycles. The number of carbonyl (C=O) groups is 1. The van der Waals surface area contributed by atoms with Crippen molar-refractivity contribution >= 4 is 16.8 Å². The topological polar surface area (TPSA) is 44.9 Å². The summed E-state index contributed by atoms with van der Waals surface area (Å²) in [6, 6.07) is 13.7. The molecule has 1 heterocycles. The van der Waals surface area contributed by atoms with Crippen LogP contribution >= 0.6 is 0 Å². The zero-order valence-corrected chi connectivity index (χ0v) is 11.4. The van der Waals surface area contributed by atoms with Gasteiger partial charge in [-0.25, -0.2) is 4.39 Å². The molecule has 0 radical (unpaired) electrons. The number of halogens is 1. The lowest BCUT2D eigenvalue weighted by Crippen LogP contribution is -2.25. The maximum atomic E-state index is 12.8. The largest absolute Gasteiger partial charge is 0.361 e. The van der Waals surface area contributed by atoms with Gasteiger partial charge >= 0.3 is 0 Å². The third kappa shape index (κ3) is 3.11. The van der Waals surface area contributed by atoms with Gasteiger partial charge in [0.05, 0.1) is 0 Å². The first-order valence-electron chi connectivity index (χ1n) is 6.82. The molecule has 0 spiro atoms. The van der Waals surface area contributed by atoms with Crippen LogP contribution in [0.5, 0.6) is 0 Å². The fraction of sp³-hybridized carbons (Fsp3) is 0.118. The molecule has 1 amide bonds. The second-order valence-corrected chi connectivity index (χ2v) is 4.91. The maximum Gasteiger partial charge on any atom is 0.251 e. The number of H-pyrrole nitrogens is 1. The predicted molar refractivity (Wildman–Crippen MR) is 80.7 cm³/mol. The lowest BCUT2D eigenvalue weighted by atomic mass is 10.1. The normalized spacial score (nSPS) is 10.7. The van der Waals surface area contributed by atoms with Crippen molar-refractivity contribution in [2.24, 2.45) is 0 Å². The van der Waals surface area contributed by atoms with E-state index in [2.05, 4.69) is 16.4 Å². The van der Waals surface area contributed by atoms with Crippen LogP contribution in [0.2, 0.25) is 0 Å². The van der Waals surface area contributed by atoms with Crippen molar-refractivity contribution < 1.29 is 9.18 Å². The molecule has 2 aromatic carbocycles. The summed E-state index contributed by atoms with van der Waals surface area (Å²) in [5.74, 6) is -0.524. The minimum atomic E-state index is -0.341. The van der Waals surface area contributed by atoms with Crippen molar-refractivity contribution in [1.82, 2.24) is 10.3 Å². The molecule has 3 aromatic rings. The highest BCUT2D eigenvalue weighted by atomic mass is 19.1. The van der Waals surface area contributed by atoms with Gasteiger partial charge in [0, 0.05) is 23.8 Å². The first kappa shape index (κ1) is 13.4. The van der Waals surface area contributed by atoms with Crippen LogP contribution in [-0.4, -0.2) is 17.4 Å². The van der Waals surface area contributed by atoms with Crippen molar-refractivity contribution in [3.05, 3.63) is 71.7 Å². The number of hydrogen-bond acceptors (Lipinski definition) is 1. The highest BCUT2D eigenvalue weighted by molar-refractivity contribution is 5.94. The molecule has 3 rings (SSSR count). The zero-order valence-electron chi connectivity index (χ0n) is 11.4. The van der Waals surface area contributed by atoms with E-state index in [1.54, 1.807) is 0 Å². The molecule has 0 aliphatic carbocycles. The minimum Gasteiger partial charge on any atom is -0.361 e. The van der Waals surface area contributed by atoms with Crippen LogP contribution in [-0.2, 0) is 6.42 Å². The van der Waals surface area contributed by atoms with E-state index >= 15 is 0 Å². The van der Waals surface area contributed by atoms with Gasteiger partial charge in [-0.2, -0.15) is 0 Å². The van der Waals surface area contributed by atoms with Gasteiger partial charge in [0.1, 0.15) is 5.82 Å². The molecule has 4 heteroatoms. The molecule has 0 unspecified atom stereocenters. The maximum absolute atomic E-state index is 12.8. The van der Waals surface area contributed by atoms with Gasteiger partial charge in [-0.3, -0.25) is 4.79 Å². The summed E-state index contributed by atoms with van der Waals surface area (Å²) in [6.45, 7) is 0.548. The molecule has 0 aliphatic rings. The van der Waals surface area contributed by atoms with E-state index in [9.17, 15) is 9.18 Å². The number of benzene rings is 2. The van der Waals surface area contributed by atoms with Gasteiger partial charge in [-0.1, -0.05) is 6.07 Å². The Kier molecular flexibility index (Phi) is 3.69. The van der Waals surface area contributed by atoms with Crippen LogP contribution in [0.1, 0.15) is 15.9 Å². The summed E-state index contributed by atoms with van der Waals surface area (Å²) in [5.41, 5.74) is 2.74. The molecule has 2 N–H and O–H groups in total. The van der Waals surface area contributed by atoms with Crippen LogP contribution in [0, 0.1) is 5.82 Å². The van der Waals surface area contributed by atoms with Gasteiger partial charge in [0.25, 0.3) is 5.91 Å². The van der Waals surface area contributed by atoms with E-state index in [1.807, 2.05) is 24.4 Å². The van der Waals surface area contributed by atoms with Gasteiger partial charge in [-0.05, 0) is 59.8 Å². The molecule has 0 atom stereocenters. The Hall–Kier alpha value is -2.62. The lowest BCUT2D eigenvalue weighted by molar-refractivity contribution is 0.0954. The second kappa shape index (κ2) is 5.79. The summed E-state index contributed by atoms with van der Waals surface area (Å²) in [6.07, 6.45) is 2.67. The molecular weight excluding hydrogens is 267 g/mol. The van der Waals surface area contributed by atoms with Crippen LogP contribution in [0.4, 0.5) is 4.39 Å². The Morgan fingerprint density at radius 3 is 2.71 bits per heavy atom. The SMILES string of the molecule is O=C(NCCc1ccc2[nH]ccc2c1)c1ccc(F)cc1. The molecule has 0 saturated carbocycles. The summed E-state index contributed by atoms with van der Waals surface area (Å²) < 4.78 is 12.8. The fourth-order valence-electron chi connectivity index (χ4n) is 2.28. The average molecular weight is 282 g/mol. The number of rotatable bonds is 4. The average Bonchev–Trinajstić information content (AvgIpc) is 2.95. The van der Waals surface area contributed by atoms with Gasteiger partial charge in [0.15, 0.2) is 0 Å². The third-order valence-electron chi connectivity index (χ3n) is 3.42. The quantitative estimate of drug-likeness (QED) is 0.758. The lowest BCUT2D eigenvalue weighted by Gasteiger charge is -2.06. The molecule has 0 aliphatic heterocycles. The van der Waals surface area contributed by atoms with Crippen molar-refractivity contribution in [3.63, 3.8) is 0 Å². The number of aromatic nitrogens is 1. The molecule has 106 valence electrons. The standard InChI is InChI=1S/C17H15FN2O/c18-15-4-2-13(3-5-15)17(21)20-9-7-12-1-6-16-14(11-12)8-10-19-16/h1-6,8,10-11,19H,7,9H2,(H,20,21). The first-order valence-corrected chi connectivity index (χ1v) is 6.82. The summed E-state index contributed by atoms with van der Waals surface area (Å²) in [5, 5.41) is 4.00. The monoisotopic (exact) mass is 282 g/mol. The number of hydrogen-bond donors (Lipinski definition) is 2. The van der Waals surface area contributed by atoms with E-state index in [1.165, 1.54) is 29.8 Å². The molecular formula is C17H15FN2O. The fourth-order valence-corrected chi connectivity index (χ4v) is 2.28. The Bertz CT molecular complexity index is 762. The Morgan fingerprint density at radius 2 is 1.90 bits per heavy atom. The number of carbonyl (C=O) groups excluding carboxylic acids is 1. The molecule has 0 bridgehead atoms. The summed E-state index contributed by atoms with van der Waals surface area (Å²) >= 11 is 0. The van der Waals surface area contributed by atoms with Crippen LogP contribution in [0.15, 0.2) is 54.7 Å². The van der Waals surface area contributed by atoms with Crippen molar-refractivity contribution in [3.8, 4) is 0 Å². The van der Waals surface area contributed by atoms with E-state index in [4.69, 9.17) is 0 Å². The molecule has 3 nitrogen and oxygen atoms in total. The Morgan fingerprint density at radius 1 is 1.10 bits per heavy atom. The first-order chi connectivity index (χ1) is 10.2. The summed E-state index contributed by atoms with van der Waals surface area (Å²) in [4.78, 5) is 15.0. The highest BCUT2D eigenvalue weighted by Crippen LogP contribution is 2.14. The van der Waals surface area contributed by atoms with Gasteiger partial charge in [-0.15, -0.1) is 0 Å². The van der Waals surface area contributed by atoms with Crippen LogP contribution in [0.3, 0.4) is 0 Å². The van der Waals surface area contributed by atoms with E-state index in [0.29, 0.717) is 12.1 Å². The van der Waals surface area contributed by atoms with Crippen LogP contribution < -0.4 is 5.32 Å². The molecule has 0 saturated heterocycles. The number of amides is 1. The highest BCUT2D eigenvalue weighted by Gasteiger charge is 2.05. The number of fused-ring (bicyclic) bond motifs is 1. The van der Waals surface area contributed by atoms with Crippen LogP contribution in [0.25, 0.3) is 10.9 Å². The van der Waals surface area contributed by atoms with Crippen molar-refractivity contribution in [1.29, 1.82) is 0 Å². The smallest absolute Gasteiger partial charge is 0.251 e. The zero-order chi connectivity index (χ0) is 14.7. The molecule has 0 fully saturated rings. The van der Waals surface area contributed by atoms with Crippen molar-refractivity contribution in [2.45, 2.75) is 6.42 Å². The number of aromatic amines is 1. The van der Waals surface area contributed by atoms with E-state index in [0.717, 1.165) is 17.3 Å². The van der Waals surface area contributed by atoms with Gasteiger partial charge in [0.2, 0.25) is 0 Å². The Labute approximate surface area is 121 Å². The number of nitrogens with one attached hydrogen (secondary N) is 2. The third-order valence-corrected chi connectivity index (χ3v) is 3.42. The van der Waals surface area contributed by atoms with E-state index in [-0.39, 0.29) is 11.7 Å². The van der Waals surface area contributed by atoms with Gasteiger partial charge < -0.3 is 10.3 Å². The van der Waals surface area contributed by atoms with Crippen molar-refractivity contribution in [2.75, 3.05) is 6.54 Å². The molecule has 21 heavy (non-hydrogen) atoms.